The molecule has 0 saturated heterocycles. The Kier molecular flexibility index (Phi) is 2.11. The Morgan fingerprint density at radius 2 is 2.14 bits per heavy atom. The molecule has 1 aliphatic rings. The van der Waals surface area contributed by atoms with Crippen LogP contribution in [0.3, 0.4) is 0 Å². The van der Waals surface area contributed by atoms with Gasteiger partial charge in [0.2, 0.25) is 0 Å². The molecule has 0 aliphatic carbocycles. The summed E-state index contributed by atoms with van der Waals surface area (Å²) in [5, 5.41) is 6.89. The highest BCUT2D eigenvalue weighted by Crippen LogP contribution is 2.30. The summed E-state index contributed by atoms with van der Waals surface area (Å²) in [7, 11) is 0. The van der Waals surface area contributed by atoms with E-state index in [1.807, 2.05) is 0 Å². The van der Waals surface area contributed by atoms with Gasteiger partial charge in [0.25, 0.3) is 0 Å². The molecule has 14 heavy (non-hydrogen) atoms. The van der Waals surface area contributed by atoms with Gasteiger partial charge in [-0.1, -0.05) is 6.07 Å². The van der Waals surface area contributed by atoms with Crippen LogP contribution in [-0.4, -0.2) is 12.1 Å². The molecule has 0 atom stereocenters. The molecular formula is C11H17N3. The molecule has 1 aromatic carbocycles. The van der Waals surface area contributed by atoms with Crippen molar-refractivity contribution in [1.82, 2.24) is 0 Å². The molecule has 3 nitrogen and oxygen atoms in total. The fourth-order valence-corrected chi connectivity index (χ4v) is 1.70. The second-order valence-electron chi connectivity index (χ2n) is 4.45. The van der Waals surface area contributed by atoms with Crippen molar-refractivity contribution in [1.29, 1.82) is 0 Å². The van der Waals surface area contributed by atoms with Crippen LogP contribution in [0.4, 0.5) is 11.4 Å². The zero-order valence-corrected chi connectivity index (χ0v) is 8.72. The lowest BCUT2D eigenvalue weighted by atomic mass is 10.0. The molecule has 0 fully saturated rings. The van der Waals surface area contributed by atoms with Crippen molar-refractivity contribution >= 4 is 11.4 Å². The van der Waals surface area contributed by atoms with Crippen LogP contribution in [0.1, 0.15) is 19.4 Å². The number of nitrogens with two attached hydrogens (primary N) is 1. The van der Waals surface area contributed by atoms with Crippen LogP contribution < -0.4 is 16.4 Å². The molecule has 1 heterocycles. The largest absolute Gasteiger partial charge is 0.381 e. The van der Waals surface area contributed by atoms with Gasteiger partial charge in [0, 0.05) is 18.6 Å². The van der Waals surface area contributed by atoms with Crippen LogP contribution in [0.2, 0.25) is 0 Å². The second-order valence-corrected chi connectivity index (χ2v) is 4.45. The van der Waals surface area contributed by atoms with Crippen LogP contribution in [0.5, 0.6) is 0 Å². The van der Waals surface area contributed by atoms with E-state index in [0.717, 1.165) is 17.8 Å². The molecule has 76 valence electrons. The summed E-state index contributed by atoms with van der Waals surface area (Å²) in [6, 6.07) is 6.26. The highest BCUT2D eigenvalue weighted by Gasteiger charge is 2.23. The van der Waals surface area contributed by atoms with E-state index in [1.165, 1.54) is 5.69 Å². The van der Waals surface area contributed by atoms with Gasteiger partial charge in [0.1, 0.15) is 0 Å². The van der Waals surface area contributed by atoms with Gasteiger partial charge >= 0.3 is 0 Å². The average Bonchev–Trinajstić information content (AvgIpc) is 2.15. The third kappa shape index (κ3) is 1.68. The van der Waals surface area contributed by atoms with Crippen molar-refractivity contribution in [2.45, 2.75) is 25.9 Å². The topological polar surface area (TPSA) is 50.1 Å². The van der Waals surface area contributed by atoms with Gasteiger partial charge in [-0.15, -0.1) is 0 Å². The van der Waals surface area contributed by atoms with Crippen LogP contribution in [0, 0.1) is 0 Å². The molecule has 2 rings (SSSR count). The van der Waals surface area contributed by atoms with Gasteiger partial charge in [-0.2, -0.15) is 0 Å². The first-order valence-electron chi connectivity index (χ1n) is 4.96. The zero-order valence-electron chi connectivity index (χ0n) is 8.72. The average molecular weight is 191 g/mol. The lowest BCUT2D eigenvalue weighted by molar-refractivity contribution is 0.589. The minimum Gasteiger partial charge on any atom is -0.381 e. The molecule has 3 heteroatoms. The van der Waals surface area contributed by atoms with Crippen molar-refractivity contribution in [3.8, 4) is 0 Å². The maximum absolute atomic E-state index is 5.60. The van der Waals surface area contributed by atoms with Gasteiger partial charge < -0.3 is 16.4 Å². The van der Waals surface area contributed by atoms with Crippen LogP contribution in [-0.2, 0) is 6.54 Å². The summed E-state index contributed by atoms with van der Waals surface area (Å²) in [4.78, 5) is 0. The highest BCUT2D eigenvalue weighted by atomic mass is 15.1. The number of benzene rings is 1. The van der Waals surface area contributed by atoms with Crippen molar-refractivity contribution < 1.29 is 0 Å². The summed E-state index contributed by atoms with van der Waals surface area (Å²) in [5.74, 6) is 0. The second kappa shape index (κ2) is 3.17. The third-order valence-corrected chi connectivity index (χ3v) is 2.51. The fraction of sp³-hybridized carbons (Fsp3) is 0.455. The van der Waals surface area contributed by atoms with E-state index in [2.05, 4.69) is 42.7 Å². The molecule has 0 spiro atoms. The quantitative estimate of drug-likeness (QED) is 0.634. The molecular weight excluding hydrogens is 174 g/mol. The summed E-state index contributed by atoms with van der Waals surface area (Å²) in [6.07, 6.45) is 0. The highest BCUT2D eigenvalue weighted by molar-refractivity contribution is 5.72. The number of hydrogen-bond acceptors (Lipinski definition) is 3. The standard InChI is InChI=1S/C11H17N3/c1-11(2)7-13-9-4-3-8(6-12)5-10(9)14-11/h3-5,13-14H,6-7,12H2,1-2H3. The first-order chi connectivity index (χ1) is 6.61. The van der Waals surface area contributed by atoms with Crippen LogP contribution in [0.25, 0.3) is 0 Å². The number of hydrogen-bond donors (Lipinski definition) is 3. The SMILES string of the molecule is CC1(C)CNc2ccc(CN)cc2N1. The Morgan fingerprint density at radius 3 is 2.86 bits per heavy atom. The minimum absolute atomic E-state index is 0.111. The summed E-state index contributed by atoms with van der Waals surface area (Å²) < 4.78 is 0. The zero-order chi connectivity index (χ0) is 10.2. The molecule has 0 radical (unpaired) electrons. The molecule has 0 aromatic heterocycles. The fourth-order valence-electron chi connectivity index (χ4n) is 1.70. The maximum atomic E-state index is 5.60. The maximum Gasteiger partial charge on any atom is 0.0583 e. The summed E-state index contributed by atoms with van der Waals surface area (Å²) >= 11 is 0. The number of rotatable bonds is 1. The van der Waals surface area contributed by atoms with E-state index < -0.39 is 0 Å². The number of nitrogens with one attached hydrogen (secondary N) is 2. The van der Waals surface area contributed by atoms with E-state index in [0.29, 0.717) is 6.54 Å². The van der Waals surface area contributed by atoms with Crippen molar-refractivity contribution in [3.63, 3.8) is 0 Å². The predicted molar refractivity (Wildman–Crippen MR) is 60.5 cm³/mol. The Morgan fingerprint density at radius 1 is 1.36 bits per heavy atom. The molecule has 0 unspecified atom stereocenters. The van der Waals surface area contributed by atoms with Crippen molar-refractivity contribution in [2.75, 3.05) is 17.2 Å². The molecule has 0 amide bonds. The Bertz CT molecular complexity index is 344. The summed E-state index contributed by atoms with van der Waals surface area (Å²) in [5.41, 5.74) is 9.20. The van der Waals surface area contributed by atoms with Crippen LogP contribution >= 0.6 is 0 Å². The van der Waals surface area contributed by atoms with Gasteiger partial charge in [-0.05, 0) is 31.5 Å². The van der Waals surface area contributed by atoms with E-state index >= 15 is 0 Å². The Labute approximate surface area is 84.7 Å². The third-order valence-electron chi connectivity index (χ3n) is 2.51. The molecule has 1 aromatic rings. The number of fused-ring (bicyclic) bond motifs is 1. The van der Waals surface area contributed by atoms with Gasteiger partial charge in [-0.3, -0.25) is 0 Å². The number of anilines is 2. The van der Waals surface area contributed by atoms with E-state index in [4.69, 9.17) is 5.73 Å². The Balaban J connectivity index is 2.34. The van der Waals surface area contributed by atoms with E-state index in [1.54, 1.807) is 0 Å². The van der Waals surface area contributed by atoms with Crippen LogP contribution in [0.15, 0.2) is 18.2 Å². The monoisotopic (exact) mass is 191 g/mol. The van der Waals surface area contributed by atoms with Crippen molar-refractivity contribution in [3.05, 3.63) is 23.8 Å². The lowest BCUT2D eigenvalue weighted by Gasteiger charge is -2.34. The van der Waals surface area contributed by atoms with Gasteiger partial charge in [-0.25, -0.2) is 0 Å². The first kappa shape index (κ1) is 9.34. The van der Waals surface area contributed by atoms with Crippen molar-refractivity contribution in [2.24, 2.45) is 5.73 Å². The van der Waals surface area contributed by atoms with E-state index in [9.17, 15) is 0 Å². The molecule has 1 aliphatic heterocycles. The molecule has 4 N–H and O–H groups in total. The minimum atomic E-state index is 0.111. The van der Waals surface area contributed by atoms with E-state index in [-0.39, 0.29) is 5.54 Å². The Hall–Kier alpha value is -1.22. The smallest absolute Gasteiger partial charge is 0.0583 e. The molecule has 0 saturated carbocycles. The lowest BCUT2D eigenvalue weighted by Crippen LogP contribution is -2.42. The predicted octanol–water partition coefficient (Wildman–Crippen LogP) is 1.76. The van der Waals surface area contributed by atoms with Gasteiger partial charge in [0.05, 0.1) is 11.4 Å². The summed E-state index contributed by atoms with van der Waals surface area (Å²) in [6.45, 7) is 5.90. The van der Waals surface area contributed by atoms with Gasteiger partial charge in [0.15, 0.2) is 0 Å². The molecule has 0 bridgehead atoms. The first-order valence-corrected chi connectivity index (χ1v) is 4.96. The normalized spacial score (nSPS) is 17.9.